The molecule has 0 atom stereocenters. The van der Waals surface area contributed by atoms with Crippen LogP contribution in [-0.4, -0.2) is 25.1 Å². The maximum absolute atomic E-state index is 5.37. The first-order chi connectivity index (χ1) is 11.9. The molecule has 5 rings (SSSR count). The number of hydrogen-bond donors (Lipinski definition) is 0. The molecule has 1 fully saturated rings. The van der Waals surface area contributed by atoms with Crippen molar-refractivity contribution in [1.29, 1.82) is 0 Å². The van der Waals surface area contributed by atoms with Crippen molar-refractivity contribution in [3.63, 3.8) is 0 Å². The van der Waals surface area contributed by atoms with E-state index < -0.39 is 0 Å². The first kappa shape index (κ1) is 13.9. The zero-order valence-corrected chi connectivity index (χ0v) is 13.7. The Morgan fingerprint density at radius 1 is 1.17 bits per heavy atom. The highest BCUT2D eigenvalue weighted by Crippen LogP contribution is 2.32. The van der Waals surface area contributed by atoms with Gasteiger partial charge in [0.05, 0.1) is 16.4 Å². The molecule has 1 saturated carbocycles. The lowest BCUT2D eigenvalue weighted by molar-refractivity contribution is 0.433. The van der Waals surface area contributed by atoms with Gasteiger partial charge >= 0.3 is 0 Å². The largest absolute Gasteiger partial charge is 0.333 e. The van der Waals surface area contributed by atoms with Crippen LogP contribution >= 0.6 is 11.3 Å². The van der Waals surface area contributed by atoms with Crippen LogP contribution in [-0.2, 0) is 0 Å². The Bertz CT molecular complexity index is 982. The summed E-state index contributed by atoms with van der Waals surface area (Å²) in [6, 6.07) is 10.5. The molecule has 24 heavy (non-hydrogen) atoms. The molecule has 3 heterocycles. The van der Waals surface area contributed by atoms with E-state index >= 15 is 0 Å². The molecule has 0 unspecified atom stereocenters. The van der Waals surface area contributed by atoms with E-state index in [0.717, 1.165) is 21.5 Å². The lowest BCUT2D eigenvalue weighted by Crippen LogP contribution is -2.06. The Morgan fingerprint density at radius 2 is 2.08 bits per heavy atom. The molecule has 6 nitrogen and oxygen atoms in total. The monoisotopic (exact) mass is 337 g/mol. The van der Waals surface area contributed by atoms with Crippen LogP contribution in [0.25, 0.3) is 33.2 Å². The van der Waals surface area contributed by atoms with Gasteiger partial charge in [0, 0.05) is 5.56 Å². The summed E-state index contributed by atoms with van der Waals surface area (Å²) in [5.41, 5.74) is 2.85. The summed E-state index contributed by atoms with van der Waals surface area (Å²) in [6.45, 7) is 0. The van der Waals surface area contributed by atoms with Gasteiger partial charge in [-0.25, -0.2) is 4.68 Å². The molecule has 0 aliphatic heterocycles. The minimum Gasteiger partial charge on any atom is -0.333 e. The van der Waals surface area contributed by atoms with Gasteiger partial charge in [0.15, 0.2) is 0 Å². The van der Waals surface area contributed by atoms with Crippen LogP contribution in [0, 0.1) is 0 Å². The fraction of sp³-hybridized carbons (Fsp3) is 0.294. The average molecular weight is 337 g/mol. The summed E-state index contributed by atoms with van der Waals surface area (Å²) in [7, 11) is 0. The van der Waals surface area contributed by atoms with E-state index in [2.05, 4.69) is 31.2 Å². The molecule has 0 radical (unpaired) electrons. The zero-order chi connectivity index (χ0) is 15.9. The second-order valence-corrected chi connectivity index (χ2v) is 7.02. The number of nitrogens with zero attached hydrogens (tertiary/aromatic N) is 5. The van der Waals surface area contributed by atoms with Crippen molar-refractivity contribution in [2.45, 2.75) is 31.7 Å². The van der Waals surface area contributed by atoms with E-state index in [1.807, 2.05) is 29.6 Å². The lowest BCUT2D eigenvalue weighted by atomic mass is 10.1. The van der Waals surface area contributed by atoms with Gasteiger partial charge in [-0.05, 0) is 42.5 Å². The first-order valence-electron chi connectivity index (χ1n) is 8.11. The molecule has 120 valence electrons. The SMILES string of the molecule is c1csc(-c2nc(-c3ccc4c(c3)nnn4C3CCCC3)no2)c1. The Kier molecular flexibility index (Phi) is 3.19. The smallest absolute Gasteiger partial charge is 0.268 e. The van der Waals surface area contributed by atoms with Gasteiger partial charge in [0.25, 0.3) is 5.89 Å². The molecule has 4 aromatic rings. The highest BCUT2D eigenvalue weighted by atomic mass is 32.1. The van der Waals surface area contributed by atoms with E-state index in [0.29, 0.717) is 17.8 Å². The van der Waals surface area contributed by atoms with E-state index in [9.17, 15) is 0 Å². The Balaban J connectivity index is 1.52. The highest BCUT2D eigenvalue weighted by Gasteiger charge is 2.20. The Hall–Kier alpha value is -2.54. The van der Waals surface area contributed by atoms with Gasteiger partial charge in [-0.1, -0.05) is 29.3 Å². The number of thiophene rings is 1. The maximum Gasteiger partial charge on any atom is 0.268 e. The summed E-state index contributed by atoms with van der Waals surface area (Å²) in [5, 5.41) is 14.8. The molecule has 0 amide bonds. The van der Waals surface area contributed by atoms with Crippen LogP contribution in [0.1, 0.15) is 31.7 Å². The van der Waals surface area contributed by atoms with Crippen LogP contribution in [0.15, 0.2) is 40.2 Å². The zero-order valence-electron chi connectivity index (χ0n) is 12.9. The molecular formula is C17H15N5OS. The minimum atomic E-state index is 0.483. The van der Waals surface area contributed by atoms with Gasteiger partial charge in [-0.2, -0.15) is 4.98 Å². The van der Waals surface area contributed by atoms with Gasteiger partial charge in [-0.3, -0.25) is 0 Å². The number of fused-ring (bicyclic) bond motifs is 1. The first-order valence-corrected chi connectivity index (χ1v) is 8.99. The van der Waals surface area contributed by atoms with Crippen molar-refractivity contribution >= 4 is 22.4 Å². The Morgan fingerprint density at radius 3 is 2.92 bits per heavy atom. The predicted octanol–water partition coefficient (Wildman–Crippen LogP) is 4.32. The van der Waals surface area contributed by atoms with Crippen molar-refractivity contribution in [2.24, 2.45) is 0 Å². The van der Waals surface area contributed by atoms with Crippen molar-refractivity contribution in [3.05, 3.63) is 35.7 Å². The molecule has 0 spiro atoms. The van der Waals surface area contributed by atoms with E-state index in [1.165, 1.54) is 25.7 Å². The minimum absolute atomic E-state index is 0.483. The molecule has 7 heteroatoms. The van der Waals surface area contributed by atoms with Crippen LogP contribution in [0.5, 0.6) is 0 Å². The van der Waals surface area contributed by atoms with E-state index in [4.69, 9.17) is 4.52 Å². The van der Waals surface area contributed by atoms with Crippen molar-refractivity contribution in [3.8, 4) is 22.2 Å². The van der Waals surface area contributed by atoms with Gasteiger partial charge in [0.2, 0.25) is 5.82 Å². The second-order valence-electron chi connectivity index (χ2n) is 6.08. The number of hydrogen-bond acceptors (Lipinski definition) is 6. The van der Waals surface area contributed by atoms with Gasteiger partial charge in [-0.15, -0.1) is 16.4 Å². The van der Waals surface area contributed by atoms with E-state index in [-0.39, 0.29) is 0 Å². The summed E-state index contributed by atoms with van der Waals surface area (Å²) < 4.78 is 7.44. The molecule has 0 bridgehead atoms. The Labute approximate surface area is 142 Å². The highest BCUT2D eigenvalue weighted by molar-refractivity contribution is 7.13. The molecule has 0 N–H and O–H groups in total. The van der Waals surface area contributed by atoms with Gasteiger partial charge in [0.1, 0.15) is 5.52 Å². The van der Waals surface area contributed by atoms with Crippen LogP contribution in [0.2, 0.25) is 0 Å². The molecule has 1 aromatic carbocycles. The van der Waals surface area contributed by atoms with Crippen molar-refractivity contribution in [2.75, 3.05) is 0 Å². The topological polar surface area (TPSA) is 69.6 Å². The lowest BCUT2D eigenvalue weighted by Gasteiger charge is -2.09. The number of rotatable bonds is 3. The van der Waals surface area contributed by atoms with Gasteiger partial charge < -0.3 is 4.52 Å². The summed E-state index contributed by atoms with van der Waals surface area (Å²) in [4.78, 5) is 5.47. The van der Waals surface area contributed by atoms with Crippen LogP contribution < -0.4 is 0 Å². The van der Waals surface area contributed by atoms with Crippen LogP contribution in [0.3, 0.4) is 0 Å². The third-order valence-electron chi connectivity index (χ3n) is 4.56. The third kappa shape index (κ3) is 2.24. The van der Waals surface area contributed by atoms with Crippen molar-refractivity contribution < 1.29 is 4.52 Å². The summed E-state index contributed by atoms with van der Waals surface area (Å²) in [6.07, 6.45) is 4.93. The van der Waals surface area contributed by atoms with E-state index in [1.54, 1.807) is 11.3 Å². The average Bonchev–Trinajstić information content (AvgIpc) is 3.41. The predicted molar refractivity (Wildman–Crippen MR) is 91.6 cm³/mol. The fourth-order valence-corrected chi connectivity index (χ4v) is 3.99. The molecule has 0 saturated heterocycles. The number of benzene rings is 1. The summed E-state index contributed by atoms with van der Waals surface area (Å²) in [5.74, 6) is 1.13. The molecular weight excluding hydrogens is 322 g/mol. The maximum atomic E-state index is 5.37. The fourth-order valence-electron chi connectivity index (χ4n) is 3.34. The molecule has 1 aliphatic carbocycles. The molecule has 1 aliphatic rings. The standard InChI is InChI=1S/C17H15N5OS/c1-2-5-12(4-1)22-14-8-7-11(10-13(14)19-21-22)16-18-17(23-20-16)15-6-3-9-24-15/h3,6-10,12H,1-2,4-5H2. The second kappa shape index (κ2) is 5.52. The molecule has 3 aromatic heterocycles. The third-order valence-corrected chi connectivity index (χ3v) is 5.42. The van der Waals surface area contributed by atoms with Crippen LogP contribution in [0.4, 0.5) is 0 Å². The summed E-state index contributed by atoms with van der Waals surface area (Å²) >= 11 is 1.58. The van der Waals surface area contributed by atoms with Crippen molar-refractivity contribution in [1.82, 2.24) is 25.1 Å². The normalized spacial score (nSPS) is 15.5. The number of aromatic nitrogens is 5. The quantitative estimate of drug-likeness (QED) is 0.556.